The summed E-state index contributed by atoms with van der Waals surface area (Å²) in [6.07, 6.45) is 8.69. The molecule has 0 saturated carbocycles. The van der Waals surface area contributed by atoms with Crippen LogP contribution in [-0.2, 0) is 6.54 Å². The fourth-order valence-electron chi connectivity index (χ4n) is 1.67. The van der Waals surface area contributed by atoms with E-state index in [2.05, 4.69) is 37.1 Å². The highest BCUT2D eigenvalue weighted by Gasteiger charge is 2.08. The molecular weight excluding hydrogens is 204 g/mol. The first-order valence-electron chi connectivity index (χ1n) is 5.67. The molecule has 1 N–H and O–H groups in total. The fraction of sp³-hybridized carbons (Fsp3) is 0.600. The van der Waals surface area contributed by atoms with Crippen molar-refractivity contribution in [2.24, 2.45) is 0 Å². The van der Waals surface area contributed by atoms with E-state index in [1.165, 1.54) is 25.7 Å². The summed E-state index contributed by atoms with van der Waals surface area (Å²) in [5, 5.41) is 13.7. The lowest BCUT2D eigenvalue weighted by Gasteiger charge is -2.04. The molecule has 0 saturated heterocycles. The standard InChI is InChI=1S/C10H16N6/c1-2-3-4-5-7-16-8-6-11-10(16)9-12-14-15-13-9/h6,8H,2-5,7H2,1H3,(H,12,13,14,15). The molecule has 86 valence electrons. The lowest BCUT2D eigenvalue weighted by molar-refractivity contribution is 0.584. The minimum atomic E-state index is 0.625. The zero-order valence-electron chi connectivity index (χ0n) is 9.43. The van der Waals surface area contributed by atoms with Gasteiger partial charge in [0.05, 0.1) is 0 Å². The van der Waals surface area contributed by atoms with E-state index in [1.54, 1.807) is 6.20 Å². The summed E-state index contributed by atoms with van der Waals surface area (Å²) < 4.78 is 2.08. The number of nitrogens with zero attached hydrogens (tertiary/aromatic N) is 5. The topological polar surface area (TPSA) is 72.3 Å². The van der Waals surface area contributed by atoms with Gasteiger partial charge in [0.25, 0.3) is 0 Å². The number of nitrogens with one attached hydrogen (secondary N) is 1. The Hall–Kier alpha value is -1.72. The largest absolute Gasteiger partial charge is 0.328 e. The van der Waals surface area contributed by atoms with Crippen molar-refractivity contribution in [3.8, 4) is 11.6 Å². The van der Waals surface area contributed by atoms with E-state index >= 15 is 0 Å². The Labute approximate surface area is 94.1 Å². The second kappa shape index (κ2) is 5.39. The van der Waals surface area contributed by atoms with Crippen molar-refractivity contribution in [1.82, 2.24) is 30.2 Å². The third-order valence-corrected chi connectivity index (χ3v) is 2.53. The number of aryl methyl sites for hydroxylation is 1. The Morgan fingerprint density at radius 3 is 3.00 bits per heavy atom. The molecule has 0 fully saturated rings. The lowest BCUT2D eigenvalue weighted by Crippen LogP contribution is -2.00. The summed E-state index contributed by atoms with van der Waals surface area (Å²) in [5.74, 6) is 1.43. The predicted octanol–water partition coefficient (Wildman–Crippen LogP) is 1.64. The number of rotatable bonds is 6. The maximum atomic E-state index is 4.25. The monoisotopic (exact) mass is 220 g/mol. The summed E-state index contributed by atoms with van der Waals surface area (Å²) in [6, 6.07) is 0. The molecule has 0 spiro atoms. The van der Waals surface area contributed by atoms with Gasteiger partial charge in [-0.2, -0.15) is 0 Å². The van der Waals surface area contributed by atoms with Crippen LogP contribution < -0.4 is 0 Å². The Bertz CT molecular complexity index is 405. The van der Waals surface area contributed by atoms with E-state index in [0.29, 0.717) is 5.82 Å². The maximum Gasteiger partial charge on any atom is 0.215 e. The van der Waals surface area contributed by atoms with Crippen molar-refractivity contribution in [2.45, 2.75) is 39.2 Å². The third-order valence-electron chi connectivity index (χ3n) is 2.53. The Morgan fingerprint density at radius 1 is 1.31 bits per heavy atom. The van der Waals surface area contributed by atoms with E-state index in [4.69, 9.17) is 0 Å². The van der Waals surface area contributed by atoms with E-state index in [1.807, 2.05) is 6.20 Å². The van der Waals surface area contributed by atoms with Crippen LogP contribution in [0.25, 0.3) is 11.6 Å². The molecule has 2 heterocycles. The summed E-state index contributed by atoms with van der Waals surface area (Å²) in [4.78, 5) is 4.25. The van der Waals surface area contributed by atoms with Crippen LogP contribution in [0.2, 0.25) is 0 Å². The molecule has 0 unspecified atom stereocenters. The molecule has 6 nitrogen and oxygen atoms in total. The van der Waals surface area contributed by atoms with Crippen molar-refractivity contribution in [1.29, 1.82) is 0 Å². The number of hydrogen-bond acceptors (Lipinski definition) is 4. The normalized spacial score (nSPS) is 10.8. The Kier molecular flexibility index (Phi) is 3.63. The van der Waals surface area contributed by atoms with Gasteiger partial charge in [-0.15, -0.1) is 5.10 Å². The Balaban J connectivity index is 1.97. The van der Waals surface area contributed by atoms with Crippen molar-refractivity contribution in [3.63, 3.8) is 0 Å². The van der Waals surface area contributed by atoms with Gasteiger partial charge in [0.1, 0.15) is 0 Å². The van der Waals surface area contributed by atoms with Gasteiger partial charge in [-0.1, -0.05) is 26.2 Å². The highest BCUT2D eigenvalue weighted by Crippen LogP contribution is 2.12. The van der Waals surface area contributed by atoms with Gasteiger partial charge < -0.3 is 4.57 Å². The van der Waals surface area contributed by atoms with Crippen LogP contribution in [0, 0.1) is 0 Å². The van der Waals surface area contributed by atoms with E-state index < -0.39 is 0 Å². The average molecular weight is 220 g/mol. The highest BCUT2D eigenvalue weighted by molar-refractivity contribution is 5.41. The molecular formula is C10H16N6. The van der Waals surface area contributed by atoms with Gasteiger partial charge in [0.15, 0.2) is 5.82 Å². The molecule has 0 aliphatic rings. The van der Waals surface area contributed by atoms with Crippen LogP contribution in [-0.4, -0.2) is 30.2 Å². The van der Waals surface area contributed by atoms with Crippen LogP contribution in [0.5, 0.6) is 0 Å². The molecule has 2 aromatic heterocycles. The van der Waals surface area contributed by atoms with E-state index in [0.717, 1.165) is 12.4 Å². The number of aromatic nitrogens is 6. The molecule has 0 radical (unpaired) electrons. The van der Waals surface area contributed by atoms with Gasteiger partial charge >= 0.3 is 0 Å². The molecule has 0 bridgehead atoms. The van der Waals surface area contributed by atoms with Crippen LogP contribution in [0.3, 0.4) is 0 Å². The van der Waals surface area contributed by atoms with E-state index in [-0.39, 0.29) is 0 Å². The summed E-state index contributed by atoms with van der Waals surface area (Å²) >= 11 is 0. The molecule has 0 aromatic carbocycles. The summed E-state index contributed by atoms with van der Waals surface area (Å²) in [5.41, 5.74) is 0. The van der Waals surface area contributed by atoms with E-state index in [9.17, 15) is 0 Å². The van der Waals surface area contributed by atoms with Gasteiger partial charge in [0, 0.05) is 18.9 Å². The summed E-state index contributed by atoms with van der Waals surface area (Å²) in [6.45, 7) is 3.18. The Morgan fingerprint density at radius 2 is 2.25 bits per heavy atom. The van der Waals surface area contributed by atoms with Gasteiger partial charge in [-0.25, -0.2) is 10.1 Å². The zero-order chi connectivity index (χ0) is 11.2. The number of hydrogen-bond donors (Lipinski definition) is 1. The smallest absolute Gasteiger partial charge is 0.215 e. The van der Waals surface area contributed by atoms with Crippen molar-refractivity contribution in [3.05, 3.63) is 12.4 Å². The predicted molar refractivity (Wildman–Crippen MR) is 59.5 cm³/mol. The minimum absolute atomic E-state index is 0.625. The number of unbranched alkanes of at least 4 members (excludes halogenated alkanes) is 3. The molecule has 2 rings (SSSR count). The SMILES string of the molecule is CCCCCCn1ccnc1-c1nnn[nH]1. The molecule has 0 amide bonds. The van der Waals surface area contributed by atoms with Gasteiger partial charge in [0.2, 0.25) is 5.82 Å². The first-order valence-corrected chi connectivity index (χ1v) is 5.67. The van der Waals surface area contributed by atoms with Gasteiger partial charge in [-0.3, -0.25) is 0 Å². The summed E-state index contributed by atoms with van der Waals surface area (Å²) in [7, 11) is 0. The van der Waals surface area contributed by atoms with Crippen molar-refractivity contribution >= 4 is 0 Å². The molecule has 0 aliphatic heterocycles. The third kappa shape index (κ3) is 2.44. The first kappa shape index (κ1) is 10.8. The number of aromatic amines is 1. The number of H-pyrrole nitrogens is 1. The van der Waals surface area contributed by atoms with Gasteiger partial charge in [-0.05, 0) is 16.8 Å². The quantitative estimate of drug-likeness (QED) is 0.751. The van der Waals surface area contributed by atoms with Crippen LogP contribution in [0.15, 0.2) is 12.4 Å². The molecule has 0 atom stereocenters. The van der Waals surface area contributed by atoms with Crippen LogP contribution in [0.4, 0.5) is 0 Å². The lowest BCUT2D eigenvalue weighted by atomic mass is 10.2. The van der Waals surface area contributed by atoms with Crippen molar-refractivity contribution < 1.29 is 0 Å². The minimum Gasteiger partial charge on any atom is -0.328 e. The number of imidazole rings is 1. The average Bonchev–Trinajstić information content (AvgIpc) is 2.94. The maximum absolute atomic E-state index is 4.25. The van der Waals surface area contributed by atoms with Crippen molar-refractivity contribution in [2.75, 3.05) is 0 Å². The number of tetrazole rings is 1. The first-order chi connectivity index (χ1) is 7.92. The highest BCUT2D eigenvalue weighted by atomic mass is 15.5. The van der Waals surface area contributed by atoms with Crippen LogP contribution >= 0.6 is 0 Å². The van der Waals surface area contributed by atoms with Crippen LogP contribution in [0.1, 0.15) is 32.6 Å². The molecule has 2 aromatic rings. The molecule has 6 heteroatoms. The zero-order valence-corrected chi connectivity index (χ0v) is 9.43. The molecule has 16 heavy (non-hydrogen) atoms. The second-order valence-corrected chi connectivity index (χ2v) is 3.75. The molecule has 0 aliphatic carbocycles. The second-order valence-electron chi connectivity index (χ2n) is 3.75. The fourth-order valence-corrected chi connectivity index (χ4v) is 1.67.